The van der Waals surface area contributed by atoms with E-state index in [9.17, 15) is 13.2 Å². The number of benzene rings is 1. The highest BCUT2D eigenvalue weighted by atomic mass is 127. The molecular weight excluding hydrogens is 472 g/mol. The van der Waals surface area contributed by atoms with Gasteiger partial charge in [-0.05, 0) is 19.9 Å². The fourth-order valence-electron chi connectivity index (χ4n) is 2.95. The maximum absolute atomic E-state index is 12.9. The van der Waals surface area contributed by atoms with Crippen molar-refractivity contribution in [3.05, 3.63) is 29.8 Å². The van der Waals surface area contributed by atoms with Crippen molar-refractivity contribution < 1.29 is 17.9 Å². The topological polar surface area (TPSA) is 40.1 Å². The second-order valence-corrected chi connectivity index (χ2v) is 6.22. The molecule has 0 bridgehead atoms. The number of ether oxygens (including phenoxy) is 1. The Morgan fingerprint density at radius 3 is 2.41 bits per heavy atom. The number of nitrogens with one attached hydrogen (secondary N) is 1. The van der Waals surface area contributed by atoms with E-state index in [4.69, 9.17) is 4.74 Å². The normalized spacial score (nSPS) is 17.3. The highest BCUT2D eigenvalue weighted by Crippen LogP contribution is 2.25. The number of nitrogens with zero attached hydrogens (tertiary/aromatic N) is 3. The molecule has 1 aromatic rings. The van der Waals surface area contributed by atoms with Gasteiger partial charge in [-0.25, -0.2) is 4.99 Å². The quantitative estimate of drug-likeness (QED) is 0.383. The number of aliphatic imine (C=N–C) groups is 1. The van der Waals surface area contributed by atoms with E-state index >= 15 is 0 Å². The van der Waals surface area contributed by atoms with Crippen LogP contribution in [0, 0.1) is 0 Å². The fraction of sp³-hybridized carbons (Fsp3) is 0.611. The monoisotopic (exact) mass is 500 g/mol. The minimum absolute atomic E-state index is 0. The number of halogens is 4. The summed E-state index contributed by atoms with van der Waals surface area (Å²) in [7, 11) is 1.62. The highest BCUT2D eigenvalue weighted by molar-refractivity contribution is 14.0. The average molecular weight is 500 g/mol. The molecule has 1 aromatic carbocycles. The predicted molar refractivity (Wildman–Crippen MR) is 112 cm³/mol. The van der Waals surface area contributed by atoms with Crippen molar-refractivity contribution in [1.29, 1.82) is 0 Å². The van der Waals surface area contributed by atoms with E-state index in [1.807, 2.05) is 36.1 Å². The summed E-state index contributed by atoms with van der Waals surface area (Å²) in [5.41, 5.74) is 0.967. The molecule has 9 heteroatoms. The first kappa shape index (κ1) is 23.8. The van der Waals surface area contributed by atoms with Gasteiger partial charge in [0.2, 0.25) is 0 Å². The molecule has 0 saturated carbocycles. The van der Waals surface area contributed by atoms with Crippen molar-refractivity contribution >= 4 is 29.9 Å². The minimum atomic E-state index is -4.19. The lowest BCUT2D eigenvalue weighted by atomic mass is 10.2. The molecule has 2 rings (SSSR count). The molecule has 0 aromatic heterocycles. The van der Waals surface area contributed by atoms with Crippen LogP contribution in [-0.4, -0.2) is 67.8 Å². The molecule has 1 heterocycles. The Hall–Kier alpha value is -1.23. The standard InChI is InChI=1S/C18H27F3N4O.HI/c1-4-22-17(23-13-15-7-5-6-8-16(15)26-3)25-11-9-24(10-12-25)14(2)18(19,20)21;/h5-8,14H,4,9-13H2,1-3H3,(H,22,23);1H. The van der Waals surface area contributed by atoms with Gasteiger partial charge in [-0.1, -0.05) is 18.2 Å². The van der Waals surface area contributed by atoms with Crippen LogP contribution in [0.25, 0.3) is 0 Å². The van der Waals surface area contributed by atoms with Crippen LogP contribution in [0.1, 0.15) is 19.4 Å². The molecular formula is C18H28F3IN4O. The Morgan fingerprint density at radius 2 is 1.85 bits per heavy atom. The Kier molecular flexibility index (Phi) is 9.65. The fourth-order valence-corrected chi connectivity index (χ4v) is 2.95. The van der Waals surface area contributed by atoms with Gasteiger partial charge < -0.3 is 15.0 Å². The number of hydrogen-bond acceptors (Lipinski definition) is 3. The van der Waals surface area contributed by atoms with E-state index in [0.29, 0.717) is 39.3 Å². The largest absolute Gasteiger partial charge is 0.496 e. The summed E-state index contributed by atoms with van der Waals surface area (Å²) in [6.45, 7) is 6.09. The molecule has 0 radical (unpaired) electrons. The summed E-state index contributed by atoms with van der Waals surface area (Å²) in [5, 5.41) is 3.23. The van der Waals surface area contributed by atoms with Gasteiger partial charge in [0.1, 0.15) is 11.8 Å². The molecule has 1 N–H and O–H groups in total. The minimum Gasteiger partial charge on any atom is -0.496 e. The maximum atomic E-state index is 12.9. The van der Waals surface area contributed by atoms with Crippen molar-refractivity contribution in [3.8, 4) is 5.75 Å². The summed E-state index contributed by atoms with van der Waals surface area (Å²) in [6, 6.07) is 6.25. The van der Waals surface area contributed by atoms with Crippen LogP contribution in [0.15, 0.2) is 29.3 Å². The Balaban J connectivity index is 0.00000364. The van der Waals surface area contributed by atoms with E-state index in [2.05, 4.69) is 10.3 Å². The molecule has 0 amide bonds. The van der Waals surface area contributed by atoms with E-state index in [-0.39, 0.29) is 24.0 Å². The number of rotatable bonds is 5. The van der Waals surface area contributed by atoms with Gasteiger partial charge in [0.15, 0.2) is 5.96 Å². The molecule has 0 aliphatic carbocycles. The third-order valence-corrected chi connectivity index (χ3v) is 4.56. The lowest BCUT2D eigenvalue weighted by Crippen LogP contribution is -2.56. The van der Waals surface area contributed by atoms with Crippen LogP contribution in [-0.2, 0) is 6.54 Å². The summed E-state index contributed by atoms with van der Waals surface area (Å²) < 4.78 is 44.0. The zero-order valence-electron chi connectivity index (χ0n) is 15.9. The van der Waals surface area contributed by atoms with Gasteiger partial charge in [0.25, 0.3) is 0 Å². The first-order valence-electron chi connectivity index (χ1n) is 8.82. The number of methoxy groups -OCH3 is 1. The summed E-state index contributed by atoms with van der Waals surface area (Å²) >= 11 is 0. The smallest absolute Gasteiger partial charge is 0.403 e. The lowest BCUT2D eigenvalue weighted by Gasteiger charge is -2.39. The number of piperazine rings is 1. The van der Waals surface area contributed by atoms with Crippen LogP contribution >= 0.6 is 24.0 Å². The molecule has 5 nitrogen and oxygen atoms in total. The molecule has 1 aliphatic rings. The molecule has 1 unspecified atom stereocenters. The average Bonchev–Trinajstić information content (AvgIpc) is 2.64. The zero-order valence-corrected chi connectivity index (χ0v) is 18.3. The highest BCUT2D eigenvalue weighted by Gasteiger charge is 2.41. The first-order valence-corrected chi connectivity index (χ1v) is 8.82. The summed E-state index contributed by atoms with van der Waals surface area (Å²) in [5.74, 6) is 1.49. The van der Waals surface area contributed by atoms with Gasteiger partial charge in [-0.15, -0.1) is 24.0 Å². The van der Waals surface area contributed by atoms with E-state index in [1.54, 1.807) is 7.11 Å². The number of guanidine groups is 1. The molecule has 1 aliphatic heterocycles. The molecule has 0 spiro atoms. The van der Waals surface area contributed by atoms with Crippen molar-refractivity contribution in [3.63, 3.8) is 0 Å². The Bertz CT molecular complexity index is 605. The number of para-hydroxylation sites is 1. The van der Waals surface area contributed by atoms with Gasteiger partial charge in [-0.2, -0.15) is 13.2 Å². The zero-order chi connectivity index (χ0) is 19.2. The van der Waals surface area contributed by atoms with Gasteiger partial charge in [0, 0.05) is 38.3 Å². The van der Waals surface area contributed by atoms with Crippen molar-refractivity contribution in [2.24, 2.45) is 4.99 Å². The van der Waals surface area contributed by atoms with Gasteiger partial charge in [-0.3, -0.25) is 4.90 Å². The second kappa shape index (κ2) is 10.9. The first-order chi connectivity index (χ1) is 12.4. The van der Waals surface area contributed by atoms with Crippen LogP contribution in [0.5, 0.6) is 5.75 Å². The summed E-state index contributed by atoms with van der Waals surface area (Å²) in [6.07, 6.45) is -4.19. The number of alkyl halides is 3. The third kappa shape index (κ3) is 6.70. The summed E-state index contributed by atoms with van der Waals surface area (Å²) in [4.78, 5) is 8.13. The van der Waals surface area contributed by atoms with E-state index < -0.39 is 12.2 Å². The Morgan fingerprint density at radius 1 is 1.22 bits per heavy atom. The Labute approximate surface area is 176 Å². The van der Waals surface area contributed by atoms with Crippen LogP contribution < -0.4 is 10.1 Å². The molecule has 154 valence electrons. The van der Waals surface area contributed by atoms with Crippen LogP contribution in [0.3, 0.4) is 0 Å². The molecule has 1 atom stereocenters. The third-order valence-electron chi connectivity index (χ3n) is 4.56. The van der Waals surface area contributed by atoms with E-state index in [1.165, 1.54) is 11.8 Å². The second-order valence-electron chi connectivity index (χ2n) is 6.22. The molecule has 27 heavy (non-hydrogen) atoms. The number of hydrogen-bond donors (Lipinski definition) is 1. The maximum Gasteiger partial charge on any atom is 0.403 e. The van der Waals surface area contributed by atoms with Crippen molar-refractivity contribution in [1.82, 2.24) is 15.1 Å². The van der Waals surface area contributed by atoms with Crippen molar-refractivity contribution in [2.45, 2.75) is 32.6 Å². The van der Waals surface area contributed by atoms with E-state index in [0.717, 1.165) is 17.3 Å². The lowest BCUT2D eigenvalue weighted by molar-refractivity contribution is -0.181. The van der Waals surface area contributed by atoms with Gasteiger partial charge in [0.05, 0.1) is 13.7 Å². The van der Waals surface area contributed by atoms with Crippen molar-refractivity contribution in [2.75, 3.05) is 39.8 Å². The van der Waals surface area contributed by atoms with Gasteiger partial charge >= 0.3 is 6.18 Å². The van der Waals surface area contributed by atoms with Crippen LogP contribution in [0.2, 0.25) is 0 Å². The predicted octanol–water partition coefficient (Wildman–Crippen LogP) is 3.35. The van der Waals surface area contributed by atoms with Crippen LogP contribution in [0.4, 0.5) is 13.2 Å². The molecule has 1 fully saturated rings. The molecule has 1 saturated heterocycles. The SMILES string of the molecule is CCNC(=NCc1ccccc1OC)N1CCN(C(C)C(F)(F)F)CC1.I.